The standard InChI is InChI=1S/C22H23ClN2OS2/c1-14-12-16(15(2)24(14)19-10-8-17(23)9-11-19)13-20-21(26)25(22(27)28-20)18-6-4-3-5-7-18/h8-13,18H,3-7H2,1-2H3/b20-13+. The summed E-state index contributed by atoms with van der Waals surface area (Å²) in [5, 5.41) is 0.720. The molecule has 2 fully saturated rings. The van der Waals surface area contributed by atoms with Gasteiger partial charge in [0.15, 0.2) is 0 Å². The van der Waals surface area contributed by atoms with Crippen LogP contribution in [0, 0.1) is 13.8 Å². The molecule has 2 aromatic rings. The third-order valence-electron chi connectivity index (χ3n) is 5.61. The second-order valence-corrected chi connectivity index (χ2v) is 9.59. The number of carbonyl (C=O) groups excluding carboxylic acids is 1. The van der Waals surface area contributed by atoms with Gasteiger partial charge in [0.1, 0.15) is 4.32 Å². The van der Waals surface area contributed by atoms with Crippen molar-refractivity contribution in [3.63, 3.8) is 0 Å². The Bertz CT molecular complexity index is 956. The number of aryl methyl sites for hydroxylation is 1. The topological polar surface area (TPSA) is 25.2 Å². The zero-order chi connectivity index (χ0) is 19.8. The summed E-state index contributed by atoms with van der Waals surface area (Å²) >= 11 is 13.0. The molecule has 0 unspecified atom stereocenters. The van der Waals surface area contributed by atoms with Gasteiger partial charge in [0.05, 0.1) is 4.91 Å². The van der Waals surface area contributed by atoms with Crippen LogP contribution in [0.1, 0.15) is 49.1 Å². The van der Waals surface area contributed by atoms with E-state index in [9.17, 15) is 4.79 Å². The van der Waals surface area contributed by atoms with E-state index in [1.54, 1.807) is 0 Å². The van der Waals surface area contributed by atoms with E-state index in [0.29, 0.717) is 4.32 Å². The number of halogens is 1. The van der Waals surface area contributed by atoms with Crippen molar-refractivity contribution in [3.05, 3.63) is 57.2 Å². The maximum Gasteiger partial charge on any atom is 0.266 e. The molecule has 0 spiro atoms. The van der Waals surface area contributed by atoms with Crippen molar-refractivity contribution < 1.29 is 4.79 Å². The van der Waals surface area contributed by atoms with Crippen LogP contribution in [-0.2, 0) is 4.79 Å². The Labute approximate surface area is 180 Å². The van der Waals surface area contributed by atoms with E-state index in [0.717, 1.165) is 45.4 Å². The fourth-order valence-corrected chi connectivity index (χ4v) is 5.71. The van der Waals surface area contributed by atoms with Gasteiger partial charge < -0.3 is 4.57 Å². The number of nitrogens with zero attached hydrogens (tertiary/aromatic N) is 2. The predicted octanol–water partition coefficient (Wildman–Crippen LogP) is 6.28. The minimum atomic E-state index is 0.0678. The van der Waals surface area contributed by atoms with Gasteiger partial charge >= 0.3 is 0 Å². The third-order valence-corrected chi connectivity index (χ3v) is 7.19. The molecule has 6 heteroatoms. The zero-order valence-electron chi connectivity index (χ0n) is 16.1. The maximum absolute atomic E-state index is 13.1. The summed E-state index contributed by atoms with van der Waals surface area (Å²) in [6.45, 7) is 4.15. The van der Waals surface area contributed by atoms with Gasteiger partial charge in [-0.3, -0.25) is 9.69 Å². The lowest BCUT2D eigenvalue weighted by molar-refractivity contribution is -0.124. The molecular formula is C22H23ClN2OS2. The van der Waals surface area contributed by atoms with Crippen molar-refractivity contribution in [1.82, 2.24) is 9.47 Å². The first-order valence-electron chi connectivity index (χ1n) is 9.67. The normalized spacial score (nSPS) is 19.8. The maximum atomic E-state index is 13.1. The minimum absolute atomic E-state index is 0.0678. The van der Waals surface area contributed by atoms with Crippen LogP contribution in [0.2, 0.25) is 5.02 Å². The number of aromatic nitrogens is 1. The van der Waals surface area contributed by atoms with E-state index in [1.165, 1.54) is 31.0 Å². The number of hydrogen-bond donors (Lipinski definition) is 0. The quantitative estimate of drug-likeness (QED) is 0.423. The highest BCUT2D eigenvalue weighted by Crippen LogP contribution is 2.38. The van der Waals surface area contributed by atoms with Gasteiger partial charge in [-0.1, -0.05) is 54.8 Å². The van der Waals surface area contributed by atoms with E-state index >= 15 is 0 Å². The van der Waals surface area contributed by atoms with Gasteiger partial charge in [-0.2, -0.15) is 0 Å². The van der Waals surface area contributed by atoms with E-state index in [2.05, 4.69) is 24.5 Å². The van der Waals surface area contributed by atoms with Crippen molar-refractivity contribution in [2.24, 2.45) is 0 Å². The van der Waals surface area contributed by atoms with E-state index in [4.69, 9.17) is 23.8 Å². The van der Waals surface area contributed by atoms with Crippen LogP contribution in [0.4, 0.5) is 0 Å². The molecule has 1 saturated carbocycles. The molecule has 4 rings (SSSR count). The first-order chi connectivity index (χ1) is 13.5. The Hall–Kier alpha value is -1.56. The average Bonchev–Trinajstić information content (AvgIpc) is 3.12. The Balaban J connectivity index is 1.64. The molecule has 0 atom stereocenters. The Morgan fingerprint density at radius 3 is 2.50 bits per heavy atom. The van der Waals surface area contributed by atoms with Crippen LogP contribution in [-0.4, -0.2) is 25.7 Å². The lowest BCUT2D eigenvalue weighted by Crippen LogP contribution is -2.39. The fourth-order valence-electron chi connectivity index (χ4n) is 4.20. The SMILES string of the molecule is Cc1cc(/C=C2/SC(=S)N(C3CCCCC3)C2=O)c(C)n1-c1ccc(Cl)cc1. The van der Waals surface area contributed by atoms with Crippen LogP contribution in [0.5, 0.6) is 0 Å². The number of carbonyl (C=O) groups is 1. The second-order valence-electron chi connectivity index (χ2n) is 7.48. The summed E-state index contributed by atoms with van der Waals surface area (Å²) in [7, 11) is 0. The summed E-state index contributed by atoms with van der Waals surface area (Å²) in [6.07, 6.45) is 7.75. The van der Waals surface area contributed by atoms with Crippen LogP contribution < -0.4 is 0 Å². The third kappa shape index (κ3) is 3.68. The zero-order valence-corrected chi connectivity index (χ0v) is 18.5. The number of hydrogen-bond acceptors (Lipinski definition) is 3. The largest absolute Gasteiger partial charge is 0.318 e. The number of benzene rings is 1. The van der Waals surface area contributed by atoms with Crippen LogP contribution in [0.15, 0.2) is 35.2 Å². The van der Waals surface area contributed by atoms with Crippen LogP contribution >= 0.6 is 35.6 Å². The molecule has 146 valence electrons. The van der Waals surface area contributed by atoms with E-state index < -0.39 is 0 Å². The fraction of sp³-hybridized carbons (Fsp3) is 0.364. The second kappa shape index (κ2) is 8.05. The summed E-state index contributed by atoms with van der Waals surface area (Å²) in [5.41, 5.74) is 4.34. The molecule has 1 saturated heterocycles. The lowest BCUT2D eigenvalue weighted by Gasteiger charge is -2.29. The molecule has 2 heterocycles. The van der Waals surface area contributed by atoms with Crippen molar-refractivity contribution in [2.75, 3.05) is 0 Å². The predicted molar refractivity (Wildman–Crippen MR) is 122 cm³/mol. The number of thioether (sulfide) groups is 1. The Morgan fingerprint density at radius 1 is 1.14 bits per heavy atom. The summed E-state index contributed by atoms with van der Waals surface area (Å²) in [5.74, 6) is 0.0678. The van der Waals surface area contributed by atoms with Gasteiger partial charge in [0, 0.05) is 28.1 Å². The molecule has 1 aromatic heterocycles. The monoisotopic (exact) mass is 430 g/mol. The van der Waals surface area contributed by atoms with Crippen molar-refractivity contribution >= 4 is 51.9 Å². The van der Waals surface area contributed by atoms with Gasteiger partial charge in [-0.15, -0.1) is 0 Å². The van der Waals surface area contributed by atoms with Gasteiger partial charge in [-0.05, 0) is 68.7 Å². The number of rotatable bonds is 3. The molecule has 0 radical (unpaired) electrons. The van der Waals surface area contributed by atoms with Crippen molar-refractivity contribution in [3.8, 4) is 5.69 Å². The number of thiocarbonyl (C=S) groups is 1. The molecule has 1 aliphatic carbocycles. The molecule has 1 aliphatic heterocycles. The molecule has 1 amide bonds. The van der Waals surface area contributed by atoms with E-state index in [1.807, 2.05) is 35.2 Å². The first kappa shape index (κ1) is 19.7. The molecule has 0 N–H and O–H groups in total. The molecule has 1 aromatic carbocycles. The lowest BCUT2D eigenvalue weighted by atomic mass is 9.94. The highest BCUT2D eigenvalue weighted by atomic mass is 35.5. The molecular weight excluding hydrogens is 408 g/mol. The van der Waals surface area contributed by atoms with Crippen molar-refractivity contribution in [2.45, 2.75) is 52.0 Å². The molecule has 28 heavy (non-hydrogen) atoms. The first-order valence-corrected chi connectivity index (χ1v) is 11.3. The number of amides is 1. The van der Waals surface area contributed by atoms with Crippen LogP contribution in [0.3, 0.4) is 0 Å². The average molecular weight is 431 g/mol. The van der Waals surface area contributed by atoms with Gasteiger partial charge in [0.25, 0.3) is 5.91 Å². The van der Waals surface area contributed by atoms with Gasteiger partial charge in [0.2, 0.25) is 0 Å². The van der Waals surface area contributed by atoms with E-state index in [-0.39, 0.29) is 11.9 Å². The summed E-state index contributed by atoms with van der Waals surface area (Å²) in [6, 6.07) is 10.2. The van der Waals surface area contributed by atoms with Crippen molar-refractivity contribution in [1.29, 1.82) is 0 Å². The molecule has 0 bridgehead atoms. The highest BCUT2D eigenvalue weighted by molar-refractivity contribution is 8.26. The molecule has 2 aliphatic rings. The Morgan fingerprint density at radius 2 is 1.82 bits per heavy atom. The van der Waals surface area contributed by atoms with Crippen LogP contribution in [0.25, 0.3) is 11.8 Å². The Kier molecular flexibility index (Phi) is 5.68. The summed E-state index contributed by atoms with van der Waals surface area (Å²) < 4.78 is 2.89. The minimum Gasteiger partial charge on any atom is -0.318 e. The smallest absolute Gasteiger partial charge is 0.266 e. The van der Waals surface area contributed by atoms with Gasteiger partial charge in [-0.25, -0.2) is 0 Å². The highest BCUT2D eigenvalue weighted by Gasteiger charge is 2.37. The molecule has 3 nitrogen and oxygen atoms in total. The summed E-state index contributed by atoms with van der Waals surface area (Å²) in [4.78, 5) is 15.7.